The molecule has 27 heavy (non-hydrogen) atoms. The second-order valence-corrected chi connectivity index (χ2v) is 6.57. The first-order chi connectivity index (χ1) is 13.2. The lowest BCUT2D eigenvalue weighted by atomic mass is 9.97. The van der Waals surface area contributed by atoms with E-state index in [0.29, 0.717) is 30.3 Å². The van der Waals surface area contributed by atoms with E-state index >= 15 is 0 Å². The van der Waals surface area contributed by atoms with Crippen LogP contribution in [0.4, 0.5) is 0 Å². The Kier molecular flexibility index (Phi) is 4.78. The first-order valence-electron chi connectivity index (χ1n) is 8.92. The molecule has 6 nitrogen and oxygen atoms in total. The number of benzene rings is 2. The van der Waals surface area contributed by atoms with Crippen molar-refractivity contribution < 1.29 is 14.3 Å². The minimum atomic E-state index is -0.178. The molecule has 0 fully saturated rings. The molecule has 1 aliphatic rings. The fourth-order valence-electron chi connectivity index (χ4n) is 3.29. The fraction of sp³-hybridized carbons (Fsp3) is 0.238. The average Bonchev–Trinajstić information content (AvgIpc) is 3.22. The van der Waals surface area contributed by atoms with Crippen LogP contribution in [0, 0.1) is 5.92 Å². The molecule has 2 aromatic carbocycles. The Balaban J connectivity index is 1.39. The standard InChI is InChI=1S/C21H21N3O3/c1-26-20-9-5-3-7-16(20)17-11-18(24-23-17)21(25)22-12-14-10-15-6-2-4-8-19(15)27-13-14/h2-9,11,14H,10,12-13H2,1H3,(H,22,25)(H,23,24)/t14-/m0/s1. The summed E-state index contributed by atoms with van der Waals surface area (Å²) in [5.74, 6) is 1.73. The Morgan fingerprint density at radius 1 is 1.26 bits per heavy atom. The molecular formula is C21H21N3O3. The van der Waals surface area contributed by atoms with Crippen LogP contribution in [-0.4, -0.2) is 36.4 Å². The Bertz CT molecular complexity index is 951. The van der Waals surface area contributed by atoms with Crippen LogP contribution in [0.1, 0.15) is 16.1 Å². The van der Waals surface area contributed by atoms with Crippen molar-refractivity contribution in [1.29, 1.82) is 0 Å². The quantitative estimate of drug-likeness (QED) is 0.730. The number of H-pyrrole nitrogens is 1. The van der Waals surface area contributed by atoms with Crippen LogP contribution in [0.2, 0.25) is 0 Å². The smallest absolute Gasteiger partial charge is 0.269 e. The molecular weight excluding hydrogens is 342 g/mol. The predicted molar refractivity (Wildman–Crippen MR) is 102 cm³/mol. The zero-order valence-electron chi connectivity index (χ0n) is 15.1. The summed E-state index contributed by atoms with van der Waals surface area (Å²) >= 11 is 0. The number of aromatic nitrogens is 2. The van der Waals surface area contributed by atoms with Crippen molar-refractivity contribution in [1.82, 2.24) is 15.5 Å². The number of rotatable bonds is 5. The number of carbonyl (C=O) groups excluding carboxylic acids is 1. The fourth-order valence-corrected chi connectivity index (χ4v) is 3.29. The van der Waals surface area contributed by atoms with E-state index in [-0.39, 0.29) is 11.8 Å². The SMILES string of the molecule is COc1ccccc1-c1cc(C(=O)NC[C@H]2COc3ccccc3C2)[nH]n1. The largest absolute Gasteiger partial charge is 0.496 e. The number of hydrogen-bond donors (Lipinski definition) is 2. The van der Waals surface area contributed by atoms with E-state index in [2.05, 4.69) is 21.6 Å². The molecule has 2 N–H and O–H groups in total. The van der Waals surface area contributed by atoms with E-state index in [1.165, 1.54) is 5.56 Å². The first-order valence-corrected chi connectivity index (χ1v) is 8.92. The maximum atomic E-state index is 12.5. The van der Waals surface area contributed by atoms with Crippen LogP contribution in [0.25, 0.3) is 11.3 Å². The monoisotopic (exact) mass is 363 g/mol. The first kappa shape index (κ1) is 17.1. The van der Waals surface area contributed by atoms with Gasteiger partial charge in [-0.2, -0.15) is 5.10 Å². The third kappa shape index (κ3) is 3.65. The summed E-state index contributed by atoms with van der Waals surface area (Å²) < 4.78 is 11.1. The lowest BCUT2D eigenvalue weighted by Gasteiger charge is -2.25. The molecule has 1 aliphatic heterocycles. The highest BCUT2D eigenvalue weighted by molar-refractivity contribution is 5.93. The molecule has 138 valence electrons. The number of nitrogens with zero attached hydrogens (tertiary/aromatic N) is 1. The molecule has 0 radical (unpaired) electrons. The van der Waals surface area contributed by atoms with Crippen molar-refractivity contribution in [2.45, 2.75) is 6.42 Å². The lowest BCUT2D eigenvalue weighted by molar-refractivity contribution is 0.0934. The van der Waals surface area contributed by atoms with Gasteiger partial charge in [0.25, 0.3) is 5.91 Å². The summed E-state index contributed by atoms with van der Waals surface area (Å²) in [5.41, 5.74) is 3.12. The summed E-state index contributed by atoms with van der Waals surface area (Å²) in [4.78, 5) is 12.5. The molecule has 0 spiro atoms. The van der Waals surface area contributed by atoms with Gasteiger partial charge in [0.2, 0.25) is 0 Å². The van der Waals surface area contributed by atoms with Gasteiger partial charge in [0, 0.05) is 18.0 Å². The van der Waals surface area contributed by atoms with Crippen LogP contribution in [-0.2, 0) is 6.42 Å². The number of amides is 1. The van der Waals surface area contributed by atoms with Crippen LogP contribution in [0.15, 0.2) is 54.6 Å². The van der Waals surface area contributed by atoms with E-state index < -0.39 is 0 Å². The van der Waals surface area contributed by atoms with Crippen LogP contribution in [0.5, 0.6) is 11.5 Å². The molecule has 1 aromatic heterocycles. The summed E-state index contributed by atoms with van der Waals surface area (Å²) in [7, 11) is 1.61. The van der Waals surface area contributed by atoms with E-state index in [1.807, 2.05) is 42.5 Å². The second-order valence-electron chi connectivity index (χ2n) is 6.57. The van der Waals surface area contributed by atoms with Gasteiger partial charge >= 0.3 is 0 Å². The van der Waals surface area contributed by atoms with Crippen molar-refractivity contribution in [2.75, 3.05) is 20.3 Å². The number of nitrogens with one attached hydrogen (secondary N) is 2. The molecule has 0 aliphatic carbocycles. The van der Waals surface area contributed by atoms with Crippen molar-refractivity contribution in [3.8, 4) is 22.8 Å². The lowest BCUT2D eigenvalue weighted by Crippen LogP contribution is -2.34. The molecule has 2 heterocycles. The Morgan fingerprint density at radius 3 is 2.96 bits per heavy atom. The predicted octanol–water partition coefficient (Wildman–Crippen LogP) is 3.07. The second kappa shape index (κ2) is 7.53. The highest BCUT2D eigenvalue weighted by atomic mass is 16.5. The van der Waals surface area contributed by atoms with Crippen LogP contribution >= 0.6 is 0 Å². The third-order valence-electron chi connectivity index (χ3n) is 4.71. The number of ether oxygens (including phenoxy) is 2. The van der Waals surface area contributed by atoms with Gasteiger partial charge in [-0.1, -0.05) is 30.3 Å². The van der Waals surface area contributed by atoms with Gasteiger partial charge in [-0.05, 0) is 36.2 Å². The molecule has 0 saturated carbocycles. The summed E-state index contributed by atoms with van der Waals surface area (Å²) in [6.45, 7) is 1.16. The van der Waals surface area contributed by atoms with Gasteiger partial charge in [0.15, 0.2) is 0 Å². The minimum absolute atomic E-state index is 0.178. The number of aromatic amines is 1. The van der Waals surface area contributed by atoms with Crippen molar-refractivity contribution >= 4 is 5.91 Å². The number of hydrogen-bond acceptors (Lipinski definition) is 4. The number of para-hydroxylation sites is 2. The van der Waals surface area contributed by atoms with Gasteiger partial charge in [0.05, 0.1) is 19.4 Å². The molecule has 6 heteroatoms. The molecule has 4 rings (SSSR count). The number of methoxy groups -OCH3 is 1. The van der Waals surface area contributed by atoms with E-state index in [0.717, 1.165) is 17.7 Å². The topological polar surface area (TPSA) is 76.2 Å². The van der Waals surface area contributed by atoms with Gasteiger partial charge in [-0.15, -0.1) is 0 Å². The highest BCUT2D eigenvalue weighted by Crippen LogP contribution is 2.28. The summed E-state index contributed by atoms with van der Waals surface area (Å²) in [6.07, 6.45) is 0.895. The van der Waals surface area contributed by atoms with Gasteiger partial charge in [0.1, 0.15) is 17.2 Å². The van der Waals surface area contributed by atoms with Crippen LogP contribution in [0.3, 0.4) is 0 Å². The van der Waals surface area contributed by atoms with E-state index in [9.17, 15) is 4.79 Å². The van der Waals surface area contributed by atoms with E-state index in [4.69, 9.17) is 9.47 Å². The molecule has 1 atom stereocenters. The number of carbonyl (C=O) groups is 1. The van der Waals surface area contributed by atoms with Gasteiger partial charge in [-0.3, -0.25) is 9.89 Å². The normalized spacial score (nSPS) is 15.5. The maximum Gasteiger partial charge on any atom is 0.269 e. The van der Waals surface area contributed by atoms with Crippen molar-refractivity contribution in [2.24, 2.45) is 5.92 Å². The van der Waals surface area contributed by atoms with Gasteiger partial charge < -0.3 is 14.8 Å². The van der Waals surface area contributed by atoms with Crippen molar-refractivity contribution in [3.63, 3.8) is 0 Å². The Labute approximate surface area is 157 Å². The average molecular weight is 363 g/mol. The van der Waals surface area contributed by atoms with Crippen molar-refractivity contribution in [3.05, 3.63) is 65.9 Å². The van der Waals surface area contributed by atoms with Gasteiger partial charge in [-0.25, -0.2) is 0 Å². The molecule has 3 aromatic rings. The van der Waals surface area contributed by atoms with Crippen LogP contribution < -0.4 is 14.8 Å². The molecule has 0 saturated heterocycles. The molecule has 0 unspecified atom stereocenters. The zero-order valence-corrected chi connectivity index (χ0v) is 15.1. The maximum absolute atomic E-state index is 12.5. The molecule has 0 bridgehead atoms. The zero-order chi connectivity index (χ0) is 18.6. The molecule has 1 amide bonds. The number of fused-ring (bicyclic) bond motifs is 1. The van der Waals surface area contributed by atoms with E-state index in [1.54, 1.807) is 13.2 Å². The third-order valence-corrected chi connectivity index (χ3v) is 4.71. The summed E-state index contributed by atoms with van der Waals surface area (Å²) in [6, 6.07) is 17.3. The summed E-state index contributed by atoms with van der Waals surface area (Å²) in [5, 5.41) is 10.0. The minimum Gasteiger partial charge on any atom is -0.496 e. The highest BCUT2D eigenvalue weighted by Gasteiger charge is 2.21. The Morgan fingerprint density at radius 2 is 2.07 bits per heavy atom. The Hall–Kier alpha value is -3.28.